The Bertz CT molecular complexity index is 253. The third kappa shape index (κ3) is 1.73. The fraction of sp³-hybridized carbons (Fsp3) is 1.00. The molecule has 92 valence electrons. The molecule has 3 aliphatic rings. The third-order valence-electron chi connectivity index (χ3n) is 6.25. The molecule has 0 spiro atoms. The molecule has 0 nitrogen and oxygen atoms in total. The van der Waals surface area contributed by atoms with E-state index in [1.807, 2.05) is 0 Å². The van der Waals surface area contributed by atoms with Crippen molar-refractivity contribution in [1.29, 1.82) is 0 Å². The summed E-state index contributed by atoms with van der Waals surface area (Å²) in [6.07, 6.45) is 13.9. The van der Waals surface area contributed by atoms with Crippen molar-refractivity contribution in [3.05, 3.63) is 0 Å². The Kier molecular flexibility index (Phi) is 2.80. The van der Waals surface area contributed by atoms with Gasteiger partial charge in [0.15, 0.2) is 0 Å². The fourth-order valence-corrected chi connectivity index (χ4v) is 5.43. The second kappa shape index (κ2) is 4.03. The van der Waals surface area contributed by atoms with Gasteiger partial charge in [0, 0.05) is 0 Å². The van der Waals surface area contributed by atoms with Crippen molar-refractivity contribution in [1.82, 2.24) is 0 Å². The maximum absolute atomic E-state index is 2.55. The number of fused-ring (bicyclic) bond motifs is 3. The molecule has 0 bridgehead atoms. The van der Waals surface area contributed by atoms with E-state index in [0.29, 0.717) is 5.41 Å². The molecule has 4 atom stereocenters. The molecule has 3 rings (SSSR count). The van der Waals surface area contributed by atoms with Gasteiger partial charge in [0.2, 0.25) is 0 Å². The highest BCUT2D eigenvalue weighted by molar-refractivity contribution is 4.97. The molecule has 0 amide bonds. The molecule has 4 unspecified atom stereocenters. The molecule has 0 aromatic carbocycles. The van der Waals surface area contributed by atoms with Gasteiger partial charge < -0.3 is 0 Å². The van der Waals surface area contributed by atoms with Crippen molar-refractivity contribution in [3.63, 3.8) is 0 Å². The van der Waals surface area contributed by atoms with E-state index in [-0.39, 0.29) is 0 Å². The van der Waals surface area contributed by atoms with Crippen LogP contribution in [0.3, 0.4) is 0 Å². The fourth-order valence-electron chi connectivity index (χ4n) is 5.43. The van der Waals surface area contributed by atoms with Crippen LogP contribution in [0, 0.1) is 29.1 Å². The SMILES string of the molecule is CC1(C)CCCC2C3CCCCC3CCC21. The van der Waals surface area contributed by atoms with Crippen LogP contribution < -0.4 is 0 Å². The Morgan fingerprint density at radius 2 is 1.50 bits per heavy atom. The van der Waals surface area contributed by atoms with Crippen LogP contribution in [0.5, 0.6) is 0 Å². The van der Waals surface area contributed by atoms with Gasteiger partial charge in [-0.05, 0) is 61.2 Å². The second-order valence-electron chi connectivity index (χ2n) is 7.44. The monoisotopic (exact) mass is 220 g/mol. The van der Waals surface area contributed by atoms with Gasteiger partial charge >= 0.3 is 0 Å². The largest absolute Gasteiger partial charge is 0.0596 e. The summed E-state index contributed by atoms with van der Waals surface area (Å²) in [7, 11) is 0. The zero-order chi connectivity index (χ0) is 11.2. The van der Waals surface area contributed by atoms with Crippen molar-refractivity contribution in [2.45, 2.75) is 71.6 Å². The minimum Gasteiger partial charge on any atom is -0.0596 e. The van der Waals surface area contributed by atoms with E-state index in [9.17, 15) is 0 Å². The van der Waals surface area contributed by atoms with Crippen molar-refractivity contribution in [2.24, 2.45) is 29.1 Å². The van der Waals surface area contributed by atoms with E-state index in [1.54, 1.807) is 32.1 Å². The predicted molar refractivity (Wildman–Crippen MR) is 69.3 cm³/mol. The zero-order valence-corrected chi connectivity index (χ0v) is 11.2. The normalized spacial score (nSPS) is 46.9. The number of rotatable bonds is 0. The molecule has 3 fully saturated rings. The van der Waals surface area contributed by atoms with Gasteiger partial charge in [0.25, 0.3) is 0 Å². The highest BCUT2D eigenvalue weighted by Gasteiger charge is 2.47. The van der Waals surface area contributed by atoms with Crippen LogP contribution in [-0.4, -0.2) is 0 Å². The molecule has 0 aliphatic heterocycles. The van der Waals surface area contributed by atoms with Crippen molar-refractivity contribution in [2.75, 3.05) is 0 Å². The van der Waals surface area contributed by atoms with Gasteiger partial charge in [-0.2, -0.15) is 0 Å². The third-order valence-corrected chi connectivity index (χ3v) is 6.25. The lowest BCUT2D eigenvalue weighted by Gasteiger charge is -2.54. The van der Waals surface area contributed by atoms with Crippen LogP contribution in [0.15, 0.2) is 0 Å². The van der Waals surface area contributed by atoms with Gasteiger partial charge in [0.05, 0.1) is 0 Å². The van der Waals surface area contributed by atoms with E-state index < -0.39 is 0 Å². The molecular weight excluding hydrogens is 192 g/mol. The van der Waals surface area contributed by atoms with E-state index in [4.69, 9.17) is 0 Å². The van der Waals surface area contributed by atoms with Crippen molar-refractivity contribution < 1.29 is 0 Å². The van der Waals surface area contributed by atoms with Crippen LogP contribution in [0.2, 0.25) is 0 Å². The average Bonchev–Trinajstić information content (AvgIpc) is 2.28. The summed E-state index contributed by atoms with van der Waals surface area (Å²) in [6, 6.07) is 0. The molecule has 3 saturated carbocycles. The quantitative estimate of drug-likeness (QED) is 0.537. The lowest BCUT2D eigenvalue weighted by Crippen LogP contribution is -2.45. The maximum Gasteiger partial charge on any atom is -0.0323 e. The Labute approximate surface area is 101 Å². The van der Waals surface area contributed by atoms with E-state index in [0.717, 1.165) is 23.7 Å². The smallest absolute Gasteiger partial charge is 0.0323 e. The minimum atomic E-state index is 0.658. The highest BCUT2D eigenvalue weighted by Crippen LogP contribution is 2.56. The van der Waals surface area contributed by atoms with E-state index in [2.05, 4.69) is 13.8 Å². The van der Waals surface area contributed by atoms with Gasteiger partial charge in [0.1, 0.15) is 0 Å². The van der Waals surface area contributed by atoms with Gasteiger partial charge in [-0.25, -0.2) is 0 Å². The summed E-state index contributed by atoms with van der Waals surface area (Å²) in [4.78, 5) is 0. The lowest BCUT2D eigenvalue weighted by molar-refractivity contribution is -0.0383. The molecule has 16 heavy (non-hydrogen) atoms. The Balaban J connectivity index is 1.81. The first-order chi connectivity index (χ1) is 7.68. The molecule has 0 saturated heterocycles. The second-order valence-corrected chi connectivity index (χ2v) is 7.44. The van der Waals surface area contributed by atoms with Crippen LogP contribution in [-0.2, 0) is 0 Å². The first kappa shape index (κ1) is 11.1. The first-order valence-corrected chi connectivity index (χ1v) is 7.68. The van der Waals surface area contributed by atoms with Gasteiger partial charge in [-0.3, -0.25) is 0 Å². The Morgan fingerprint density at radius 3 is 2.38 bits per heavy atom. The topological polar surface area (TPSA) is 0 Å². The Hall–Kier alpha value is 0. The van der Waals surface area contributed by atoms with Crippen LogP contribution in [0.4, 0.5) is 0 Å². The van der Waals surface area contributed by atoms with E-state index >= 15 is 0 Å². The molecule has 0 radical (unpaired) electrons. The van der Waals surface area contributed by atoms with Crippen LogP contribution >= 0.6 is 0 Å². The standard InChI is InChI=1S/C16H28/c1-16(2)11-5-8-14-13-7-4-3-6-12(13)9-10-15(14)16/h12-15H,3-11H2,1-2H3. The summed E-state index contributed by atoms with van der Waals surface area (Å²) in [5.74, 6) is 4.44. The summed E-state index contributed by atoms with van der Waals surface area (Å²) in [6.45, 7) is 5.10. The number of hydrogen-bond acceptors (Lipinski definition) is 0. The molecule has 0 aromatic rings. The highest BCUT2D eigenvalue weighted by atomic mass is 14.5. The molecule has 0 N–H and O–H groups in total. The lowest BCUT2D eigenvalue weighted by atomic mass is 9.51. The molecule has 3 aliphatic carbocycles. The van der Waals surface area contributed by atoms with Crippen LogP contribution in [0.25, 0.3) is 0 Å². The maximum atomic E-state index is 2.55. The van der Waals surface area contributed by atoms with Crippen molar-refractivity contribution >= 4 is 0 Å². The van der Waals surface area contributed by atoms with E-state index in [1.165, 1.54) is 25.7 Å². The molecule has 0 heterocycles. The molecular formula is C16H28. The van der Waals surface area contributed by atoms with Gasteiger partial charge in [-0.1, -0.05) is 39.5 Å². The summed E-state index contributed by atoms with van der Waals surface area (Å²) < 4.78 is 0. The van der Waals surface area contributed by atoms with Crippen LogP contribution in [0.1, 0.15) is 71.6 Å². The van der Waals surface area contributed by atoms with Gasteiger partial charge in [-0.15, -0.1) is 0 Å². The molecule has 0 heteroatoms. The summed E-state index contributed by atoms with van der Waals surface area (Å²) >= 11 is 0. The average molecular weight is 220 g/mol. The zero-order valence-electron chi connectivity index (χ0n) is 11.2. The summed E-state index contributed by atoms with van der Waals surface area (Å²) in [5, 5.41) is 0. The Morgan fingerprint density at radius 1 is 0.750 bits per heavy atom. The predicted octanol–water partition coefficient (Wildman–Crippen LogP) is 5.03. The summed E-state index contributed by atoms with van der Waals surface area (Å²) in [5.41, 5.74) is 0.658. The first-order valence-electron chi connectivity index (χ1n) is 7.68. The minimum absolute atomic E-state index is 0.658. The number of hydrogen-bond donors (Lipinski definition) is 0. The molecule has 0 aromatic heterocycles. The van der Waals surface area contributed by atoms with Crippen molar-refractivity contribution in [3.8, 4) is 0 Å².